The normalized spacial score (nSPS) is 11.5. The van der Waals surface area contributed by atoms with Gasteiger partial charge in [0.15, 0.2) is 0 Å². The average Bonchev–Trinajstić information content (AvgIpc) is 4.33. The first-order valence-electron chi connectivity index (χ1n) is 27.9. The molecule has 0 N–H and O–H groups in total. The van der Waals surface area contributed by atoms with E-state index < -0.39 is 0 Å². The van der Waals surface area contributed by atoms with Gasteiger partial charge in [-0.2, -0.15) is 22.7 Å². The van der Waals surface area contributed by atoms with Crippen molar-refractivity contribution >= 4 is 60.2 Å². The SMILES string of the molecule is CC(Cc1ccc(COc2ccc(N(c3ccccc3)c3ccccc3)cc2)cc1)CC(C)c1ccc(COc2cc[c-]c(-c3ccccn3)c2)cc1.[Ir+3].[c-]1ccccc1-c1nc2ccccc2s1.[c-]1ccccc1-c1nc2ccccc2s1. The number of aromatic nitrogens is 3. The number of pyridine rings is 1. The first-order valence-corrected chi connectivity index (χ1v) is 29.6. The van der Waals surface area contributed by atoms with E-state index in [2.05, 4.69) is 185 Å². The van der Waals surface area contributed by atoms with E-state index >= 15 is 0 Å². The van der Waals surface area contributed by atoms with Gasteiger partial charge in [-0.1, -0.05) is 135 Å². The van der Waals surface area contributed by atoms with Crippen LogP contribution in [0.25, 0.3) is 52.8 Å². The Labute approximate surface area is 515 Å². The average molecular weight is 1310 g/mol. The molecule has 3 aromatic heterocycles. The largest absolute Gasteiger partial charge is 3.00 e. The van der Waals surface area contributed by atoms with Crippen LogP contribution in [0.15, 0.2) is 273 Å². The standard InChI is InChI=1S/C49H45N2O2.2C13H8NS.Ir/c1-37(32-38(2)42-25-23-41(24-26-42)36-53-48-17-11-12-43(34-48)49-18-9-10-31-50-49)33-39-19-21-40(22-20-39)35-52-47-29-27-46(28-30-47)51(44-13-5-3-6-14-44)45-15-7-4-8-16-45;2*1-2-6-10(7-3-1)13-14-11-8-4-5-9-12(11)15-13;/h3-11,13-31,34,37-38H,32-33,35-36H2,1-2H3;2*1-6,8-9H;/q3*-1;+3. The van der Waals surface area contributed by atoms with Gasteiger partial charge in [0.1, 0.15) is 19.0 Å². The fourth-order valence-electron chi connectivity index (χ4n) is 9.80. The molecule has 0 aliphatic heterocycles. The van der Waals surface area contributed by atoms with Crippen LogP contribution < -0.4 is 14.4 Å². The molecule has 0 saturated heterocycles. The number of thiazole rings is 2. The molecule has 0 bridgehead atoms. The van der Waals surface area contributed by atoms with Gasteiger partial charge in [0.05, 0.1) is 11.0 Å². The first kappa shape index (κ1) is 58.4. The summed E-state index contributed by atoms with van der Waals surface area (Å²) in [7, 11) is 0. The number of hydrogen-bond donors (Lipinski definition) is 0. The number of ether oxygens (including phenoxy) is 2. The van der Waals surface area contributed by atoms with Crippen molar-refractivity contribution in [2.24, 2.45) is 5.92 Å². The molecule has 0 fully saturated rings. The minimum Gasteiger partial charge on any atom is -0.508 e. The van der Waals surface area contributed by atoms with E-state index in [1.807, 2.05) is 133 Å². The maximum absolute atomic E-state index is 6.20. The zero-order valence-electron chi connectivity index (χ0n) is 46.7. The van der Waals surface area contributed by atoms with Crippen LogP contribution >= 0.6 is 22.7 Å². The predicted molar refractivity (Wildman–Crippen MR) is 345 cm³/mol. The second-order valence-corrected chi connectivity index (χ2v) is 22.3. The van der Waals surface area contributed by atoms with Gasteiger partial charge in [-0.05, 0) is 131 Å². The van der Waals surface area contributed by atoms with Crippen LogP contribution in [0.5, 0.6) is 11.5 Å². The molecule has 0 aliphatic rings. The minimum absolute atomic E-state index is 0. The number of anilines is 3. The number of rotatable bonds is 17. The first-order chi connectivity index (χ1) is 40.9. The van der Waals surface area contributed by atoms with Gasteiger partial charge in [-0.3, -0.25) is 9.97 Å². The molecule has 13 aromatic rings. The molecule has 84 heavy (non-hydrogen) atoms. The Hall–Kier alpha value is -8.82. The van der Waals surface area contributed by atoms with Gasteiger partial charge in [-0.25, -0.2) is 0 Å². The third-order valence-corrected chi connectivity index (χ3v) is 16.2. The number of para-hydroxylation sites is 4. The molecule has 2 unspecified atom stereocenters. The van der Waals surface area contributed by atoms with E-state index in [9.17, 15) is 0 Å². The predicted octanol–water partition coefficient (Wildman–Crippen LogP) is 20.1. The van der Waals surface area contributed by atoms with Crippen molar-refractivity contribution in [1.29, 1.82) is 0 Å². The van der Waals surface area contributed by atoms with Crippen molar-refractivity contribution in [3.8, 4) is 43.9 Å². The second-order valence-electron chi connectivity index (χ2n) is 20.3. The summed E-state index contributed by atoms with van der Waals surface area (Å²) in [5.74, 6) is 2.70. The summed E-state index contributed by atoms with van der Waals surface area (Å²) in [5.41, 5.74) is 14.4. The monoisotopic (exact) mass is 1310 g/mol. The Morgan fingerprint density at radius 1 is 0.440 bits per heavy atom. The second kappa shape index (κ2) is 29.4. The molecule has 0 amide bonds. The van der Waals surface area contributed by atoms with Gasteiger partial charge in [0.25, 0.3) is 0 Å². The van der Waals surface area contributed by atoms with Crippen molar-refractivity contribution in [3.63, 3.8) is 0 Å². The van der Waals surface area contributed by atoms with E-state index in [-0.39, 0.29) is 20.1 Å². The van der Waals surface area contributed by atoms with Gasteiger partial charge in [0, 0.05) is 48.4 Å². The van der Waals surface area contributed by atoms with Crippen LogP contribution in [0.2, 0.25) is 0 Å². The number of nitrogens with zero attached hydrogens (tertiary/aromatic N) is 4. The van der Waals surface area contributed by atoms with Gasteiger partial charge < -0.3 is 19.4 Å². The molecular formula is C75H61IrN4O2S2. The van der Waals surface area contributed by atoms with Crippen LogP contribution in [0.4, 0.5) is 17.1 Å². The summed E-state index contributed by atoms with van der Waals surface area (Å²) in [6, 6.07) is 101. The molecule has 0 spiro atoms. The van der Waals surface area contributed by atoms with E-state index in [0.29, 0.717) is 25.0 Å². The third-order valence-electron chi connectivity index (χ3n) is 14.0. The smallest absolute Gasteiger partial charge is 0.508 e. The van der Waals surface area contributed by atoms with Crippen molar-refractivity contribution in [1.82, 2.24) is 15.0 Å². The molecule has 10 aromatic carbocycles. The Morgan fingerprint density at radius 2 is 0.929 bits per heavy atom. The fourth-order valence-corrected chi connectivity index (χ4v) is 11.7. The molecule has 13 rings (SSSR count). The molecule has 0 aliphatic carbocycles. The van der Waals surface area contributed by atoms with Gasteiger partial charge in [0.2, 0.25) is 0 Å². The van der Waals surface area contributed by atoms with Crippen LogP contribution in [-0.2, 0) is 39.7 Å². The van der Waals surface area contributed by atoms with Crippen LogP contribution in [0.1, 0.15) is 48.4 Å². The maximum Gasteiger partial charge on any atom is 3.00 e. The zero-order chi connectivity index (χ0) is 56.4. The number of hydrogen-bond acceptors (Lipinski definition) is 8. The van der Waals surface area contributed by atoms with Crippen molar-refractivity contribution in [2.75, 3.05) is 4.90 Å². The Morgan fingerprint density at radius 3 is 1.46 bits per heavy atom. The molecule has 0 radical (unpaired) electrons. The van der Waals surface area contributed by atoms with E-state index in [1.165, 1.54) is 20.5 Å². The van der Waals surface area contributed by atoms with E-state index in [0.717, 1.165) is 96.0 Å². The fraction of sp³-hybridized carbons (Fsp3) is 0.107. The Kier molecular flexibility index (Phi) is 20.5. The Balaban J connectivity index is 0.000000203. The Bertz CT molecular complexity index is 3840. The molecule has 0 saturated carbocycles. The van der Waals surface area contributed by atoms with Crippen molar-refractivity contribution in [3.05, 3.63) is 314 Å². The minimum atomic E-state index is 0. The number of benzene rings is 10. The quantitative estimate of drug-likeness (QED) is 0.0847. The third kappa shape index (κ3) is 15.8. The summed E-state index contributed by atoms with van der Waals surface area (Å²) in [6.45, 7) is 5.73. The van der Waals surface area contributed by atoms with Gasteiger partial charge >= 0.3 is 20.1 Å². The van der Waals surface area contributed by atoms with E-state index in [4.69, 9.17) is 9.47 Å². The van der Waals surface area contributed by atoms with Crippen LogP contribution in [0.3, 0.4) is 0 Å². The summed E-state index contributed by atoms with van der Waals surface area (Å²) in [6.07, 6.45) is 3.97. The van der Waals surface area contributed by atoms with Crippen LogP contribution in [0, 0.1) is 24.1 Å². The molecular weight excluding hydrogens is 1250 g/mol. The molecule has 9 heteroatoms. The van der Waals surface area contributed by atoms with Crippen molar-refractivity contribution in [2.45, 2.75) is 45.8 Å². The molecule has 2 atom stereocenters. The summed E-state index contributed by atoms with van der Waals surface area (Å²) >= 11 is 3.42. The molecule has 3 heterocycles. The summed E-state index contributed by atoms with van der Waals surface area (Å²) in [4.78, 5) is 15.8. The zero-order valence-corrected chi connectivity index (χ0v) is 50.7. The van der Waals surface area contributed by atoms with Gasteiger partial charge in [-0.15, -0.1) is 102 Å². The molecule has 414 valence electrons. The number of fused-ring (bicyclic) bond motifs is 2. The maximum atomic E-state index is 6.20. The topological polar surface area (TPSA) is 60.4 Å². The molecule has 6 nitrogen and oxygen atoms in total. The van der Waals surface area contributed by atoms with E-state index in [1.54, 1.807) is 28.9 Å². The van der Waals surface area contributed by atoms with Crippen LogP contribution in [-0.4, -0.2) is 15.0 Å². The summed E-state index contributed by atoms with van der Waals surface area (Å²) in [5, 5.41) is 2.08. The van der Waals surface area contributed by atoms with Crippen molar-refractivity contribution < 1.29 is 29.6 Å². The summed E-state index contributed by atoms with van der Waals surface area (Å²) < 4.78 is 14.8.